The van der Waals surface area contributed by atoms with E-state index in [1.165, 1.54) is 14.2 Å². The number of rotatable bonds is 10. The van der Waals surface area contributed by atoms with Crippen LogP contribution in [-0.4, -0.2) is 106 Å². The largest absolute Gasteiger partial charge is 0.488 e. The Morgan fingerprint density at radius 3 is 2.33 bits per heavy atom. The minimum absolute atomic E-state index is 0.0106. The number of methoxy groups -OCH3 is 3. The van der Waals surface area contributed by atoms with Crippen molar-refractivity contribution in [3.8, 4) is 28.1 Å². The minimum Gasteiger partial charge on any atom is -0.488 e. The van der Waals surface area contributed by atoms with Crippen LogP contribution >= 0.6 is 0 Å². The summed E-state index contributed by atoms with van der Waals surface area (Å²) in [5.74, 6) is 2.44. The Hall–Kier alpha value is -6.94. The minimum atomic E-state index is -0.743. The van der Waals surface area contributed by atoms with Crippen LogP contribution in [0, 0.1) is 18.8 Å². The van der Waals surface area contributed by atoms with E-state index >= 15 is 0 Å². The van der Waals surface area contributed by atoms with E-state index in [0.717, 1.165) is 92.0 Å². The molecule has 5 heterocycles. The van der Waals surface area contributed by atoms with Crippen LogP contribution in [0.4, 0.5) is 9.59 Å². The second kappa shape index (κ2) is 19.9. The molecule has 0 bridgehead atoms. The monoisotopic (exact) mass is 912 g/mol. The number of carbonyl (C=O) groups is 4. The lowest BCUT2D eigenvalue weighted by Gasteiger charge is -2.32. The van der Waals surface area contributed by atoms with Gasteiger partial charge in [-0.05, 0) is 97.9 Å². The lowest BCUT2D eigenvalue weighted by molar-refractivity contribution is -0.137. The Morgan fingerprint density at radius 1 is 0.866 bits per heavy atom. The summed E-state index contributed by atoms with van der Waals surface area (Å²) in [4.78, 5) is 70.4. The topological polar surface area (TPSA) is 193 Å². The van der Waals surface area contributed by atoms with Crippen LogP contribution in [-0.2, 0) is 30.4 Å². The summed E-state index contributed by atoms with van der Waals surface area (Å²) in [5.41, 5.74) is 7.91. The lowest BCUT2D eigenvalue weighted by atomic mass is 9.92. The fourth-order valence-electron chi connectivity index (χ4n) is 9.76. The molecule has 67 heavy (non-hydrogen) atoms. The van der Waals surface area contributed by atoms with Gasteiger partial charge in [0.1, 0.15) is 36.1 Å². The fraction of sp³-hybridized carbons (Fsp3) is 0.412. The molecule has 0 spiro atoms. The van der Waals surface area contributed by atoms with Crippen molar-refractivity contribution in [3.05, 3.63) is 102 Å². The van der Waals surface area contributed by atoms with E-state index in [-0.39, 0.29) is 35.9 Å². The van der Waals surface area contributed by atoms with Crippen LogP contribution in [0.15, 0.2) is 79.0 Å². The number of aromatic amines is 2. The molecule has 9 rings (SSSR count). The molecule has 3 aliphatic heterocycles. The maximum absolute atomic E-state index is 13.8. The molecular weight excluding hydrogens is 853 g/mol. The van der Waals surface area contributed by atoms with Crippen molar-refractivity contribution < 1.29 is 38.1 Å². The summed E-state index contributed by atoms with van der Waals surface area (Å²) in [7, 11) is 4.26. The van der Waals surface area contributed by atoms with Gasteiger partial charge in [-0.15, -0.1) is 0 Å². The molecule has 16 nitrogen and oxygen atoms in total. The number of H-pyrrole nitrogens is 2. The quantitative estimate of drug-likeness (QED) is 0.104. The summed E-state index contributed by atoms with van der Waals surface area (Å²) < 4.78 is 21.0. The van der Waals surface area contributed by atoms with Crippen molar-refractivity contribution in [2.75, 3.05) is 34.5 Å². The van der Waals surface area contributed by atoms with Crippen molar-refractivity contribution in [2.45, 2.75) is 90.7 Å². The molecule has 0 aliphatic carbocycles. The van der Waals surface area contributed by atoms with Crippen molar-refractivity contribution in [3.63, 3.8) is 0 Å². The standard InChI is InChI=1S/C34H36N6O4.C17H24N2O4/c1-17(2)30(39-34(42)43-5)33(41)40-18(3)6-11-28(40)32-37-26-10-8-20-13-25-23-9-7-21(27-15-35-19(4)36-27)12-22(23)16-44-29(25)14-24(20)31(26)38-32;1-12-9-13(11-22-2)10-19(12)16(20)15(18-17(21)23-3)14-7-5-4-6-8-14/h7-10,12-15,17-18,28,30H,6,11,16H2,1-5H3,(H,35,36)(H,37,38)(H,39,42);4-8,12-13,15H,9-11H2,1-3H3,(H,18,21)/t18-,28-,30-;12-,13+,15-/m01/s1. The number of hydrogen-bond donors (Lipinski definition) is 4. The van der Waals surface area contributed by atoms with Crippen LogP contribution in [0.2, 0.25) is 0 Å². The van der Waals surface area contributed by atoms with E-state index < -0.39 is 24.3 Å². The number of nitrogens with zero attached hydrogens (tertiary/aromatic N) is 4. The van der Waals surface area contributed by atoms with Crippen molar-refractivity contribution in [2.24, 2.45) is 11.8 Å². The molecule has 2 aromatic heterocycles. The number of likely N-dealkylation sites (tertiary alicyclic amines) is 2. The van der Waals surface area contributed by atoms with Gasteiger partial charge in [-0.2, -0.15) is 0 Å². The molecule has 16 heteroatoms. The van der Waals surface area contributed by atoms with E-state index in [2.05, 4.69) is 72.8 Å². The summed E-state index contributed by atoms with van der Waals surface area (Å²) >= 11 is 0. The van der Waals surface area contributed by atoms with E-state index in [1.807, 2.05) is 80.9 Å². The molecule has 2 saturated heterocycles. The molecule has 0 unspecified atom stereocenters. The summed E-state index contributed by atoms with van der Waals surface area (Å²) in [6.45, 7) is 11.6. The average molecular weight is 913 g/mol. The molecule has 0 radical (unpaired) electrons. The van der Waals surface area contributed by atoms with E-state index in [4.69, 9.17) is 19.2 Å². The number of amides is 4. The number of fused-ring (bicyclic) bond motifs is 6. The van der Waals surface area contributed by atoms with Gasteiger partial charge in [-0.3, -0.25) is 9.59 Å². The highest BCUT2D eigenvalue weighted by atomic mass is 16.5. The highest BCUT2D eigenvalue weighted by Crippen LogP contribution is 2.43. The average Bonchev–Trinajstić information content (AvgIpc) is 4.15. The third kappa shape index (κ3) is 9.66. The molecule has 0 saturated carbocycles. The van der Waals surface area contributed by atoms with Crippen LogP contribution in [0.3, 0.4) is 0 Å². The summed E-state index contributed by atoms with van der Waals surface area (Å²) in [5, 5.41) is 7.43. The predicted octanol–water partition coefficient (Wildman–Crippen LogP) is 8.37. The fourth-order valence-corrected chi connectivity index (χ4v) is 9.76. The van der Waals surface area contributed by atoms with E-state index in [9.17, 15) is 19.2 Å². The normalized spacial score (nSPS) is 19.5. The zero-order valence-corrected chi connectivity index (χ0v) is 39.3. The Labute approximate surface area is 390 Å². The van der Waals surface area contributed by atoms with E-state index in [0.29, 0.717) is 25.7 Å². The number of aryl methyl sites for hydroxylation is 1. The second-order valence-electron chi connectivity index (χ2n) is 18.1. The molecule has 2 fully saturated rings. The molecule has 4 aromatic carbocycles. The first kappa shape index (κ1) is 46.6. The van der Waals surface area contributed by atoms with Gasteiger partial charge < -0.3 is 49.3 Å². The third-order valence-corrected chi connectivity index (χ3v) is 13.2. The highest BCUT2D eigenvalue weighted by molar-refractivity contribution is 6.07. The number of imidazole rings is 2. The van der Waals surface area contributed by atoms with Crippen LogP contribution in [0.5, 0.6) is 5.75 Å². The molecule has 6 atom stereocenters. The Morgan fingerprint density at radius 2 is 1.63 bits per heavy atom. The molecule has 4 N–H and O–H groups in total. The molecule has 352 valence electrons. The third-order valence-electron chi connectivity index (χ3n) is 13.2. The SMILES string of the molecule is COC(=O)N[C@H](C(=O)N1[C@@H](C)CC[C@H]1c1nc2c(ccc3cc4c(cc32)OCc2cc(-c3cnc(C)[nH]3)ccc2-4)[nH]1)C(C)C.COC[C@H]1C[C@@H](C)N(C(=O)[C@H](NC(=O)OC)c2ccccc2)C1. The van der Waals surface area contributed by atoms with Gasteiger partial charge in [0.15, 0.2) is 0 Å². The first-order valence-electron chi connectivity index (χ1n) is 22.9. The van der Waals surface area contributed by atoms with Crippen LogP contribution in [0.25, 0.3) is 44.2 Å². The van der Waals surface area contributed by atoms with Gasteiger partial charge in [0.05, 0.1) is 49.8 Å². The molecule has 3 aliphatic rings. The van der Waals surface area contributed by atoms with Gasteiger partial charge in [-0.25, -0.2) is 19.6 Å². The Balaban J connectivity index is 0.000000224. The zero-order chi connectivity index (χ0) is 47.5. The number of aromatic nitrogens is 4. The number of ether oxygens (including phenoxy) is 4. The maximum Gasteiger partial charge on any atom is 0.407 e. The van der Waals surface area contributed by atoms with Gasteiger partial charge >= 0.3 is 12.2 Å². The van der Waals surface area contributed by atoms with Crippen molar-refractivity contribution >= 4 is 45.8 Å². The van der Waals surface area contributed by atoms with Crippen LogP contribution in [0.1, 0.15) is 81.8 Å². The number of benzene rings is 4. The summed E-state index contributed by atoms with van der Waals surface area (Å²) in [6, 6.07) is 22.5. The van der Waals surface area contributed by atoms with Gasteiger partial charge in [0.2, 0.25) is 11.8 Å². The number of carbonyl (C=O) groups excluding carboxylic acids is 4. The smallest absolute Gasteiger partial charge is 0.407 e. The van der Waals surface area contributed by atoms with Crippen LogP contribution < -0.4 is 15.4 Å². The number of alkyl carbamates (subject to hydrolysis) is 2. The van der Waals surface area contributed by atoms with E-state index in [1.54, 1.807) is 7.11 Å². The molecule has 6 aromatic rings. The first-order chi connectivity index (χ1) is 32.3. The van der Waals surface area contributed by atoms with Gasteiger partial charge in [0.25, 0.3) is 0 Å². The Kier molecular flexibility index (Phi) is 13.8. The lowest BCUT2D eigenvalue weighted by Crippen LogP contribution is -2.52. The first-order valence-corrected chi connectivity index (χ1v) is 22.9. The maximum atomic E-state index is 13.8. The van der Waals surface area contributed by atoms with Gasteiger partial charge in [-0.1, -0.05) is 62.4 Å². The number of nitrogens with one attached hydrogen (secondary N) is 4. The van der Waals surface area contributed by atoms with Crippen molar-refractivity contribution in [1.82, 2.24) is 40.4 Å². The predicted molar refractivity (Wildman–Crippen MR) is 254 cm³/mol. The molecular formula is C51H60N8O8. The van der Waals surface area contributed by atoms with Crippen molar-refractivity contribution in [1.29, 1.82) is 0 Å². The Bertz CT molecular complexity index is 2770. The summed E-state index contributed by atoms with van der Waals surface area (Å²) in [6.07, 6.45) is 3.15. The van der Waals surface area contributed by atoms with Gasteiger partial charge in [0, 0.05) is 42.6 Å². The second-order valence-corrected chi connectivity index (χ2v) is 18.1. The molecule has 4 amide bonds. The highest BCUT2D eigenvalue weighted by Gasteiger charge is 2.42. The number of hydrogen-bond acceptors (Lipinski definition) is 10. The zero-order valence-electron chi connectivity index (χ0n) is 39.3.